The number of Topliss-reactive ketones (excluding diaryl/α,β-unsaturated/α-hetero) is 1. The highest BCUT2D eigenvalue weighted by molar-refractivity contribution is 6.46. The van der Waals surface area contributed by atoms with Crippen LogP contribution in [-0.4, -0.2) is 85.2 Å². The van der Waals surface area contributed by atoms with Crippen molar-refractivity contribution in [3.63, 3.8) is 0 Å². The summed E-state index contributed by atoms with van der Waals surface area (Å²) >= 11 is 0. The number of aliphatic hydroxyl groups is 1. The minimum absolute atomic E-state index is 0.0124. The first-order chi connectivity index (χ1) is 16.0. The van der Waals surface area contributed by atoms with Crippen molar-refractivity contribution in [2.24, 2.45) is 0 Å². The molecule has 0 radical (unpaired) electrons. The third-order valence-corrected chi connectivity index (χ3v) is 5.96. The molecular weight excluding hydrogens is 426 g/mol. The molecule has 2 fully saturated rings. The van der Waals surface area contributed by atoms with Gasteiger partial charge in [-0.25, -0.2) is 0 Å². The number of aromatic nitrogens is 1. The number of nitrogens with zero attached hydrogens (tertiary/aromatic N) is 3. The number of morpholine rings is 1. The molecule has 1 aromatic carbocycles. The van der Waals surface area contributed by atoms with Gasteiger partial charge in [0.05, 0.1) is 44.6 Å². The Labute approximate surface area is 192 Å². The monoisotopic (exact) mass is 453 g/mol. The van der Waals surface area contributed by atoms with Gasteiger partial charge in [0.1, 0.15) is 17.3 Å². The number of hydrogen-bond donors (Lipinski definition) is 1. The predicted molar refractivity (Wildman–Crippen MR) is 120 cm³/mol. The van der Waals surface area contributed by atoms with Crippen LogP contribution in [0.2, 0.25) is 0 Å². The number of benzene rings is 1. The molecule has 174 valence electrons. The maximum absolute atomic E-state index is 13.2. The summed E-state index contributed by atoms with van der Waals surface area (Å²) in [4.78, 5) is 34.1. The van der Waals surface area contributed by atoms with E-state index >= 15 is 0 Å². The van der Waals surface area contributed by atoms with E-state index in [1.54, 1.807) is 42.7 Å². The second-order valence-electron chi connectivity index (χ2n) is 7.80. The summed E-state index contributed by atoms with van der Waals surface area (Å²) in [5, 5.41) is 11.3. The lowest BCUT2D eigenvalue weighted by atomic mass is 9.96. The Bertz CT molecular complexity index is 1050. The number of carbonyl (C=O) groups excluding carboxylic acids is 2. The number of likely N-dealkylation sites (tertiary alicyclic amines) is 1. The minimum atomic E-state index is -0.758. The van der Waals surface area contributed by atoms with Crippen LogP contribution in [0.15, 0.2) is 48.3 Å². The first-order valence-electron chi connectivity index (χ1n) is 10.8. The fourth-order valence-electron chi connectivity index (χ4n) is 4.21. The Balaban J connectivity index is 1.75. The second-order valence-corrected chi connectivity index (χ2v) is 7.80. The number of pyridine rings is 1. The van der Waals surface area contributed by atoms with Gasteiger partial charge in [-0.2, -0.15) is 0 Å². The van der Waals surface area contributed by atoms with Gasteiger partial charge in [0.2, 0.25) is 0 Å². The van der Waals surface area contributed by atoms with Crippen molar-refractivity contribution in [3.05, 3.63) is 59.4 Å². The minimum Gasteiger partial charge on any atom is -0.507 e. The van der Waals surface area contributed by atoms with Crippen LogP contribution in [0.1, 0.15) is 17.2 Å². The maximum Gasteiger partial charge on any atom is 0.295 e. The summed E-state index contributed by atoms with van der Waals surface area (Å²) in [5.41, 5.74) is 0.963. The van der Waals surface area contributed by atoms with Gasteiger partial charge in [-0.1, -0.05) is 6.07 Å². The zero-order valence-electron chi connectivity index (χ0n) is 18.7. The van der Waals surface area contributed by atoms with E-state index in [0.717, 1.165) is 13.1 Å². The average Bonchev–Trinajstić information content (AvgIpc) is 3.12. The van der Waals surface area contributed by atoms with Gasteiger partial charge >= 0.3 is 0 Å². The van der Waals surface area contributed by atoms with E-state index in [2.05, 4.69) is 9.88 Å². The number of hydrogen-bond acceptors (Lipinski definition) is 8. The van der Waals surface area contributed by atoms with Crippen molar-refractivity contribution in [1.29, 1.82) is 0 Å². The molecule has 0 aliphatic carbocycles. The molecule has 0 spiro atoms. The van der Waals surface area contributed by atoms with Gasteiger partial charge in [-0.05, 0) is 23.8 Å². The van der Waals surface area contributed by atoms with E-state index < -0.39 is 17.7 Å². The molecule has 9 heteroatoms. The van der Waals surface area contributed by atoms with E-state index in [4.69, 9.17) is 14.2 Å². The summed E-state index contributed by atoms with van der Waals surface area (Å²) in [6, 6.07) is 7.66. The molecule has 1 aromatic heterocycles. The molecule has 2 aliphatic rings. The van der Waals surface area contributed by atoms with Crippen LogP contribution in [0.4, 0.5) is 0 Å². The SMILES string of the molecule is COc1ccc(/C(O)=C2\C(=O)C(=O)N(CCN3CCOCC3)C2c2cccnc2)c(OC)c1. The van der Waals surface area contributed by atoms with E-state index in [9.17, 15) is 14.7 Å². The summed E-state index contributed by atoms with van der Waals surface area (Å²) < 4.78 is 16.0. The number of aliphatic hydroxyl groups excluding tert-OH is 1. The Hall–Kier alpha value is -3.43. The highest BCUT2D eigenvalue weighted by Crippen LogP contribution is 2.41. The predicted octanol–water partition coefficient (Wildman–Crippen LogP) is 1.85. The fraction of sp³-hybridized carbons (Fsp3) is 0.375. The third-order valence-electron chi connectivity index (χ3n) is 5.96. The van der Waals surface area contributed by atoms with Crippen LogP contribution >= 0.6 is 0 Å². The molecule has 1 atom stereocenters. The van der Waals surface area contributed by atoms with Crippen LogP contribution in [-0.2, 0) is 14.3 Å². The van der Waals surface area contributed by atoms with Gasteiger partial charge in [0.15, 0.2) is 0 Å². The van der Waals surface area contributed by atoms with Crippen LogP contribution < -0.4 is 9.47 Å². The van der Waals surface area contributed by atoms with Gasteiger partial charge in [-0.3, -0.25) is 19.5 Å². The number of methoxy groups -OCH3 is 2. The standard InChI is InChI=1S/C24H27N3O6/c1-31-17-5-6-18(19(14-17)32-2)22(28)20-21(16-4-3-7-25-15-16)27(24(30)23(20)29)9-8-26-10-12-33-13-11-26/h3-7,14-15,21,28H,8-13H2,1-2H3/b22-20+. The number of amides is 1. The molecule has 0 saturated carbocycles. The number of carbonyl (C=O) groups is 2. The number of ketones is 1. The Morgan fingerprint density at radius 1 is 1.15 bits per heavy atom. The van der Waals surface area contributed by atoms with Crippen LogP contribution in [0.5, 0.6) is 11.5 Å². The van der Waals surface area contributed by atoms with E-state index in [1.807, 2.05) is 0 Å². The summed E-state index contributed by atoms with van der Waals surface area (Å²) in [7, 11) is 2.99. The molecule has 1 N–H and O–H groups in total. The van der Waals surface area contributed by atoms with Crippen LogP contribution in [0, 0.1) is 0 Å². The molecule has 9 nitrogen and oxygen atoms in total. The average molecular weight is 453 g/mol. The van der Waals surface area contributed by atoms with Gasteiger partial charge in [-0.15, -0.1) is 0 Å². The zero-order valence-corrected chi connectivity index (χ0v) is 18.7. The Morgan fingerprint density at radius 2 is 1.94 bits per heavy atom. The van der Waals surface area contributed by atoms with Gasteiger partial charge < -0.3 is 24.2 Å². The first-order valence-corrected chi connectivity index (χ1v) is 10.8. The van der Waals surface area contributed by atoms with E-state index in [-0.39, 0.29) is 11.3 Å². The quantitative estimate of drug-likeness (QED) is 0.385. The smallest absolute Gasteiger partial charge is 0.295 e. The Morgan fingerprint density at radius 3 is 2.61 bits per heavy atom. The number of rotatable bonds is 7. The highest BCUT2D eigenvalue weighted by Gasteiger charge is 2.46. The van der Waals surface area contributed by atoms with Gasteiger partial charge in [0, 0.05) is 44.6 Å². The second kappa shape index (κ2) is 10.0. The lowest BCUT2D eigenvalue weighted by molar-refractivity contribution is -0.140. The van der Waals surface area contributed by atoms with Crippen molar-refractivity contribution in [2.45, 2.75) is 6.04 Å². The third kappa shape index (κ3) is 4.55. The summed E-state index contributed by atoms with van der Waals surface area (Å²) in [6.45, 7) is 3.75. The maximum atomic E-state index is 13.2. The highest BCUT2D eigenvalue weighted by atomic mass is 16.5. The van der Waals surface area contributed by atoms with Crippen LogP contribution in [0.3, 0.4) is 0 Å². The molecule has 1 amide bonds. The summed E-state index contributed by atoms with van der Waals surface area (Å²) in [6.07, 6.45) is 3.23. The molecule has 33 heavy (non-hydrogen) atoms. The van der Waals surface area contributed by atoms with Crippen molar-refractivity contribution in [2.75, 3.05) is 53.6 Å². The van der Waals surface area contributed by atoms with Crippen molar-refractivity contribution in [3.8, 4) is 11.5 Å². The molecule has 1 unspecified atom stereocenters. The van der Waals surface area contributed by atoms with Crippen molar-refractivity contribution >= 4 is 17.4 Å². The first kappa shape index (κ1) is 22.8. The fourth-order valence-corrected chi connectivity index (χ4v) is 4.21. The zero-order chi connectivity index (χ0) is 23.4. The topological polar surface area (TPSA) is 101 Å². The molecule has 3 heterocycles. The van der Waals surface area contributed by atoms with E-state index in [1.165, 1.54) is 19.1 Å². The molecule has 0 bridgehead atoms. The molecule has 2 saturated heterocycles. The molecule has 4 rings (SSSR count). The Kier molecular flexibility index (Phi) is 6.90. The lowest BCUT2D eigenvalue weighted by Gasteiger charge is -2.30. The van der Waals surface area contributed by atoms with Crippen molar-refractivity contribution < 1.29 is 28.9 Å². The van der Waals surface area contributed by atoms with Crippen LogP contribution in [0.25, 0.3) is 5.76 Å². The van der Waals surface area contributed by atoms with Crippen molar-refractivity contribution in [1.82, 2.24) is 14.8 Å². The number of ether oxygens (including phenoxy) is 3. The summed E-state index contributed by atoms with van der Waals surface area (Å²) in [5.74, 6) is -0.808. The molecular formula is C24H27N3O6. The molecule has 2 aromatic rings. The lowest BCUT2D eigenvalue weighted by Crippen LogP contribution is -2.42. The molecule has 2 aliphatic heterocycles. The van der Waals surface area contributed by atoms with Gasteiger partial charge in [0.25, 0.3) is 11.7 Å². The largest absolute Gasteiger partial charge is 0.507 e. The normalized spacial score (nSPS) is 20.8. The van der Waals surface area contributed by atoms with E-state index in [0.29, 0.717) is 48.9 Å².